The summed E-state index contributed by atoms with van der Waals surface area (Å²) in [6.45, 7) is 2.95. The molecule has 0 aromatic carbocycles. The van der Waals surface area contributed by atoms with Crippen molar-refractivity contribution in [3.8, 4) is 0 Å². The molecule has 88 valence electrons. The van der Waals surface area contributed by atoms with Gasteiger partial charge in [-0.25, -0.2) is 13.6 Å². The highest BCUT2D eigenvalue weighted by atomic mass is 19.3. The predicted molar refractivity (Wildman–Crippen MR) is 52.7 cm³/mol. The Kier molecular flexibility index (Phi) is 3.76. The molecule has 0 unspecified atom stereocenters. The molecule has 1 aromatic rings. The average Bonchev–Trinajstić information content (AvgIpc) is 2.21. The molecule has 4 nitrogen and oxygen atoms in total. The molecule has 1 aromatic heterocycles. The van der Waals surface area contributed by atoms with Crippen LogP contribution in [0.5, 0.6) is 0 Å². The molecule has 0 aliphatic rings. The monoisotopic (exact) mass is 231 g/mol. The van der Waals surface area contributed by atoms with E-state index in [0.29, 0.717) is 0 Å². The number of hydrogen-bond donors (Lipinski definition) is 1. The number of esters is 1. The second kappa shape index (κ2) is 4.87. The van der Waals surface area contributed by atoms with Crippen LogP contribution < -0.4 is 5.43 Å². The zero-order chi connectivity index (χ0) is 12.3. The van der Waals surface area contributed by atoms with Crippen molar-refractivity contribution in [3.63, 3.8) is 0 Å². The molecule has 6 heteroatoms. The lowest BCUT2D eigenvalue weighted by Crippen LogP contribution is -2.21. The summed E-state index contributed by atoms with van der Waals surface area (Å²) in [6.07, 6.45) is -1.82. The van der Waals surface area contributed by atoms with E-state index < -0.39 is 23.5 Å². The molecule has 1 heterocycles. The summed E-state index contributed by atoms with van der Waals surface area (Å²) in [5.41, 5.74) is -1.63. The van der Waals surface area contributed by atoms with Gasteiger partial charge in [-0.15, -0.1) is 0 Å². The van der Waals surface area contributed by atoms with Gasteiger partial charge in [-0.2, -0.15) is 0 Å². The zero-order valence-corrected chi connectivity index (χ0v) is 8.84. The minimum atomic E-state index is -2.77. The average molecular weight is 231 g/mol. The maximum absolute atomic E-state index is 12.4. The number of nitrogens with one attached hydrogen (secondary N) is 1. The fourth-order valence-corrected chi connectivity index (χ4v) is 1.24. The first-order chi connectivity index (χ1) is 7.49. The summed E-state index contributed by atoms with van der Waals surface area (Å²) in [4.78, 5) is 25.1. The number of H-pyrrole nitrogens is 1. The van der Waals surface area contributed by atoms with Crippen molar-refractivity contribution in [1.29, 1.82) is 0 Å². The van der Waals surface area contributed by atoms with Gasteiger partial charge >= 0.3 is 5.97 Å². The van der Waals surface area contributed by atoms with E-state index in [0.717, 1.165) is 6.20 Å². The minimum Gasteiger partial charge on any atom is -0.462 e. The Morgan fingerprint density at radius 3 is 2.69 bits per heavy atom. The molecule has 0 atom stereocenters. The quantitative estimate of drug-likeness (QED) is 0.807. The van der Waals surface area contributed by atoms with Gasteiger partial charge in [0.2, 0.25) is 0 Å². The van der Waals surface area contributed by atoms with Crippen LogP contribution in [0, 0.1) is 6.92 Å². The van der Waals surface area contributed by atoms with Crippen LogP contribution in [0.15, 0.2) is 11.0 Å². The van der Waals surface area contributed by atoms with E-state index in [2.05, 4.69) is 9.72 Å². The van der Waals surface area contributed by atoms with Gasteiger partial charge < -0.3 is 9.72 Å². The van der Waals surface area contributed by atoms with E-state index in [4.69, 9.17) is 0 Å². The van der Waals surface area contributed by atoms with Gasteiger partial charge in [0, 0.05) is 11.8 Å². The molecule has 0 spiro atoms. The normalized spacial score (nSPS) is 10.6. The summed E-state index contributed by atoms with van der Waals surface area (Å²) in [6, 6.07) is 0. The standard InChI is InChI=1S/C10H11F2NO3/c1-3-16-10(15)6-4-13-7(9(11)12)5(2)8(6)14/h4,9H,3H2,1-2H3,(H,13,14). The van der Waals surface area contributed by atoms with Crippen LogP contribution in [0.3, 0.4) is 0 Å². The molecule has 0 fully saturated rings. The molecule has 0 radical (unpaired) electrons. The molecule has 16 heavy (non-hydrogen) atoms. The van der Waals surface area contributed by atoms with Crippen LogP contribution in [0.1, 0.15) is 35.0 Å². The predicted octanol–water partition coefficient (Wildman–Crippen LogP) is 1.80. The maximum Gasteiger partial charge on any atom is 0.343 e. The molecular weight excluding hydrogens is 220 g/mol. The van der Waals surface area contributed by atoms with E-state index in [1.807, 2.05) is 0 Å². The summed E-state index contributed by atoms with van der Waals surface area (Å²) in [5, 5.41) is 0. The van der Waals surface area contributed by atoms with Crippen LogP contribution in [0.25, 0.3) is 0 Å². The minimum absolute atomic E-state index is 0.119. The van der Waals surface area contributed by atoms with E-state index in [1.54, 1.807) is 6.92 Å². The lowest BCUT2D eigenvalue weighted by Gasteiger charge is -2.06. The molecule has 0 aliphatic heterocycles. The Morgan fingerprint density at radius 1 is 1.56 bits per heavy atom. The van der Waals surface area contributed by atoms with Crippen molar-refractivity contribution in [2.75, 3.05) is 6.61 Å². The largest absolute Gasteiger partial charge is 0.462 e. The van der Waals surface area contributed by atoms with Gasteiger partial charge in [0.1, 0.15) is 5.56 Å². The Balaban J connectivity index is 3.22. The van der Waals surface area contributed by atoms with E-state index in [-0.39, 0.29) is 17.7 Å². The highest BCUT2D eigenvalue weighted by Crippen LogP contribution is 2.17. The first-order valence-electron chi connectivity index (χ1n) is 4.66. The molecule has 0 saturated carbocycles. The third-order valence-corrected chi connectivity index (χ3v) is 2.07. The number of pyridine rings is 1. The number of carbonyl (C=O) groups excluding carboxylic acids is 1. The third kappa shape index (κ3) is 2.26. The summed E-state index contributed by atoms with van der Waals surface area (Å²) in [5.74, 6) is -0.812. The van der Waals surface area contributed by atoms with E-state index in [1.165, 1.54) is 6.92 Å². The van der Waals surface area contributed by atoms with Crippen molar-refractivity contribution in [2.24, 2.45) is 0 Å². The maximum atomic E-state index is 12.4. The number of halogens is 2. The number of aromatic amines is 1. The number of carbonyl (C=O) groups is 1. The SMILES string of the molecule is CCOC(=O)c1c[nH]c(C(F)F)c(C)c1=O. The molecule has 0 amide bonds. The first-order valence-corrected chi connectivity index (χ1v) is 4.66. The number of ether oxygens (including phenoxy) is 1. The molecule has 0 aliphatic carbocycles. The van der Waals surface area contributed by atoms with E-state index in [9.17, 15) is 18.4 Å². The highest BCUT2D eigenvalue weighted by Gasteiger charge is 2.19. The van der Waals surface area contributed by atoms with Gasteiger partial charge in [-0.05, 0) is 13.8 Å². The topological polar surface area (TPSA) is 59.2 Å². The smallest absolute Gasteiger partial charge is 0.343 e. The lowest BCUT2D eigenvalue weighted by molar-refractivity contribution is 0.0523. The van der Waals surface area contributed by atoms with Crippen molar-refractivity contribution < 1.29 is 18.3 Å². The highest BCUT2D eigenvalue weighted by molar-refractivity contribution is 5.89. The fourth-order valence-electron chi connectivity index (χ4n) is 1.24. The molecular formula is C10H11F2NO3. The zero-order valence-electron chi connectivity index (χ0n) is 8.84. The van der Waals surface area contributed by atoms with Crippen LogP contribution in [-0.2, 0) is 4.74 Å². The van der Waals surface area contributed by atoms with Crippen molar-refractivity contribution >= 4 is 5.97 Å². The molecule has 1 rings (SSSR count). The van der Waals surface area contributed by atoms with Gasteiger partial charge in [0.15, 0.2) is 5.43 Å². The Bertz CT molecular complexity index is 454. The van der Waals surface area contributed by atoms with Crippen LogP contribution in [0.2, 0.25) is 0 Å². The second-order valence-corrected chi connectivity index (χ2v) is 3.09. The fraction of sp³-hybridized carbons (Fsp3) is 0.400. The third-order valence-electron chi connectivity index (χ3n) is 2.07. The number of hydrogen-bond acceptors (Lipinski definition) is 3. The number of rotatable bonds is 3. The molecule has 0 bridgehead atoms. The number of alkyl halides is 2. The summed E-state index contributed by atoms with van der Waals surface area (Å²) in [7, 11) is 0. The number of aromatic nitrogens is 1. The Labute approximate surface area is 90.2 Å². The lowest BCUT2D eigenvalue weighted by atomic mass is 10.1. The van der Waals surface area contributed by atoms with Crippen molar-refractivity contribution in [2.45, 2.75) is 20.3 Å². The summed E-state index contributed by atoms with van der Waals surface area (Å²) < 4.78 is 29.4. The van der Waals surface area contributed by atoms with Crippen molar-refractivity contribution in [1.82, 2.24) is 4.98 Å². The van der Waals surface area contributed by atoms with Gasteiger partial charge in [0.05, 0.1) is 12.3 Å². The Morgan fingerprint density at radius 2 is 2.19 bits per heavy atom. The molecule has 0 saturated heterocycles. The van der Waals surface area contributed by atoms with Crippen molar-refractivity contribution in [3.05, 3.63) is 33.2 Å². The van der Waals surface area contributed by atoms with Crippen LogP contribution in [-0.4, -0.2) is 17.6 Å². The van der Waals surface area contributed by atoms with Gasteiger partial charge in [0.25, 0.3) is 6.43 Å². The Hall–Kier alpha value is -1.72. The first kappa shape index (κ1) is 12.4. The van der Waals surface area contributed by atoms with Gasteiger partial charge in [-0.3, -0.25) is 4.79 Å². The van der Waals surface area contributed by atoms with Gasteiger partial charge in [-0.1, -0.05) is 0 Å². The van der Waals surface area contributed by atoms with Crippen LogP contribution >= 0.6 is 0 Å². The van der Waals surface area contributed by atoms with E-state index >= 15 is 0 Å². The summed E-state index contributed by atoms with van der Waals surface area (Å²) >= 11 is 0. The molecule has 1 N–H and O–H groups in total. The second-order valence-electron chi connectivity index (χ2n) is 3.09. The van der Waals surface area contributed by atoms with Crippen LogP contribution in [0.4, 0.5) is 8.78 Å².